The number of nitrogens with zero attached hydrogens (tertiary/aromatic N) is 1. The molecule has 2 N–H and O–H groups in total. The van der Waals surface area contributed by atoms with Gasteiger partial charge in [0.25, 0.3) is 0 Å². The summed E-state index contributed by atoms with van der Waals surface area (Å²) in [5, 5.41) is 3.55. The maximum absolute atomic E-state index is 4.60. The van der Waals surface area contributed by atoms with E-state index >= 15 is 0 Å². The molecule has 3 nitrogen and oxygen atoms in total. The third kappa shape index (κ3) is 2.98. The third-order valence-corrected chi connectivity index (χ3v) is 3.92. The first-order valence-electron chi connectivity index (χ1n) is 7.37. The van der Waals surface area contributed by atoms with Crippen molar-refractivity contribution >= 4 is 11.0 Å². The first kappa shape index (κ1) is 13.8. The molecule has 0 radical (unpaired) electrons. The van der Waals surface area contributed by atoms with Gasteiger partial charge < -0.3 is 10.3 Å². The van der Waals surface area contributed by atoms with Crippen LogP contribution in [0.5, 0.6) is 0 Å². The lowest BCUT2D eigenvalue weighted by Gasteiger charge is -2.16. The minimum Gasteiger partial charge on any atom is -0.341 e. The molecule has 0 aliphatic rings. The topological polar surface area (TPSA) is 40.7 Å². The number of hydrogen-bond acceptors (Lipinski definition) is 2. The predicted octanol–water partition coefficient (Wildman–Crippen LogP) is 4.03. The van der Waals surface area contributed by atoms with E-state index in [-0.39, 0.29) is 0 Å². The zero-order valence-corrected chi connectivity index (χ0v) is 12.8. The first-order chi connectivity index (χ1) is 10.1. The Bertz CT molecular complexity index is 725. The lowest BCUT2D eigenvalue weighted by Crippen LogP contribution is -2.19. The molecule has 0 aliphatic carbocycles. The molecular formula is C18H21N3. The fraction of sp³-hybridized carbons (Fsp3) is 0.278. The molecule has 0 bridgehead atoms. The van der Waals surface area contributed by atoms with Crippen LogP contribution in [-0.2, 0) is 6.54 Å². The Morgan fingerprint density at radius 3 is 2.76 bits per heavy atom. The molecule has 3 rings (SSSR count). The second kappa shape index (κ2) is 5.70. The molecule has 21 heavy (non-hydrogen) atoms. The third-order valence-electron chi connectivity index (χ3n) is 3.92. The first-order valence-corrected chi connectivity index (χ1v) is 7.37. The molecule has 3 heteroatoms. The van der Waals surface area contributed by atoms with E-state index in [1.54, 1.807) is 0 Å². The molecule has 0 spiro atoms. The second-order valence-electron chi connectivity index (χ2n) is 5.66. The summed E-state index contributed by atoms with van der Waals surface area (Å²) in [5.74, 6) is 0.980. The normalized spacial score (nSPS) is 12.7. The van der Waals surface area contributed by atoms with Crippen LogP contribution in [0.1, 0.15) is 35.5 Å². The number of fused-ring (bicyclic) bond motifs is 1. The maximum atomic E-state index is 4.60. The molecule has 0 amide bonds. The summed E-state index contributed by atoms with van der Waals surface area (Å²) >= 11 is 0. The average Bonchev–Trinajstić information content (AvgIpc) is 2.90. The lowest BCUT2D eigenvalue weighted by molar-refractivity contribution is 0.560. The van der Waals surface area contributed by atoms with Crippen molar-refractivity contribution in [2.75, 3.05) is 0 Å². The Morgan fingerprint density at radius 2 is 1.95 bits per heavy atom. The van der Waals surface area contributed by atoms with Crippen LogP contribution in [0.3, 0.4) is 0 Å². The van der Waals surface area contributed by atoms with Gasteiger partial charge in [-0.05, 0) is 44.0 Å². The minimum absolute atomic E-state index is 0.304. The number of hydrogen-bond donors (Lipinski definition) is 2. The Morgan fingerprint density at radius 1 is 1.14 bits per heavy atom. The number of aromatic amines is 1. The highest BCUT2D eigenvalue weighted by molar-refractivity contribution is 5.74. The summed E-state index contributed by atoms with van der Waals surface area (Å²) < 4.78 is 0. The van der Waals surface area contributed by atoms with E-state index in [1.807, 2.05) is 18.2 Å². The number of benzene rings is 2. The van der Waals surface area contributed by atoms with Crippen molar-refractivity contribution in [1.29, 1.82) is 0 Å². The molecule has 3 aromatic rings. The number of H-pyrrole nitrogens is 1. The van der Waals surface area contributed by atoms with Crippen LogP contribution in [0.25, 0.3) is 11.0 Å². The van der Waals surface area contributed by atoms with Gasteiger partial charge in [-0.3, -0.25) is 0 Å². The van der Waals surface area contributed by atoms with Crippen LogP contribution in [0.4, 0.5) is 0 Å². The van der Waals surface area contributed by atoms with Crippen molar-refractivity contribution in [1.82, 2.24) is 15.3 Å². The fourth-order valence-corrected chi connectivity index (χ4v) is 2.68. The Balaban J connectivity index is 1.73. The largest absolute Gasteiger partial charge is 0.341 e. The quantitative estimate of drug-likeness (QED) is 0.757. The lowest BCUT2D eigenvalue weighted by atomic mass is 10.00. The smallest absolute Gasteiger partial charge is 0.121 e. The van der Waals surface area contributed by atoms with E-state index < -0.39 is 0 Å². The van der Waals surface area contributed by atoms with E-state index in [0.717, 1.165) is 23.4 Å². The maximum Gasteiger partial charge on any atom is 0.121 e. The monoisotopic (exact) mass is 279 g/mol. The molecule has 0 saturated carbocycles. The number of aryl methyl sites for hydroxylation is 2. The number of rotatable bonds is 4. The van der Waals surface area contributed by atoms with Crippen LogP contribution >= 0.6 is 0 Å². The Kier molecular flexibility index (Phi) is 3.76. The van der Waals surface area contributed by atoms with Gasteiger partial charge >= 0.3 is 0 Å². The Hall–Kier alpha value is -2.13. The number of para-hydroxylation sites is 2. The molecule has 0 aliphatic heterocycles. The standard InChI is InChI=1S/C18H21N3/c1-12-8-9-13(2)15(10-12)14(3)19-11-18-20-16-6-4-5-7-17(16)21-18/h4-10,14,19H,11H2,1-3H3,(H,20,21). The van der Waals surface area contributed by atoms with Crippen LogP contribution in [0.2, 0.25) is 0 Å². The summed E-state index contributed by atoms with van der Waals surface area (Å²) in [5.41, 5.74) is 6.09. The second-order valence-corrected chi connectivity index (χ2v) is 5.66. The number of imidazole rings is 1. The van der Waals surface area contributed by atoms with Crippen molar-refractivity contribution < 1.29 is 0 Å². The van der Waals surface area contributed by atoms with E-state index in [2.05, 4.69) is 60.3 Å². The van der Waals surface area contributed by atoms with Crippen molar-refractivity contribution in [3.8, 4) is 0 Å². The molecule has 1 unspecified atom stereocenters. The van der Waals surface area contributed by atoms with E-state index in [9.17, 15) is 0 Å². The predicted molar refractivity (Wildman–Crippen MR) is 87.3 cm³/mol. The molecule has 108 valence electrons. The van der Waals surface area contributed by atoms with Gasteiger partial charge in [-0.15, -0.1) is 0 Å². The van der Waals surface area contributed by atoms with Crippen LogP contribution in [0, 0.1) is 13.8 Å². The van der Waals surface area contributed by atoms with Crippen molar-refractivity contribution in [2.24, 2.45) is 0 Å². The van der Waals surface area contributed by atoms with E-state index in [0.29, 0.717) is 6.04 Å². The summed E-state index contributed by atoms with van der Waals surface area (Å²) in [4.78, 5) is 7.96. The van der Waals surface area contributed by atoms with Crippen LogP contribution in [0.15, 0.2) is 42.5 Å². The van der Waals surface area contributed by atoms with Gasteiger partial charge in [0.15, 0.2) is 0 Å². The van der Waals surface area contributed by atoms with Gasteiger partial charge in [0.05, 0.1) is 17.6 Å². The molecule has 0 fully saturated rings. The van der Waals surface area contributed by atoms with E-state index in [4.69, 9.17) is 0 Å². The molecular weight excluding hydrogens is 258 g/mol. The number of aromatic nitrogens is 2. The van der Waals surface area contributed by atoms with Gasteiger partial charge in [-0.1, -0.05) is 35.9 Å². The van der Waals surface area contributed by atoms with Crippen molar-refractivity contribution in [3.05, 3.63) is 65.0 Å². The summed E-state index contributed by atoms with van der Waals surface area (Å²) in [6.45, 7) is 7.23. The Labute approximate surface area is 125 Å². The van der Waals surface area contributed by atoms with Crippen LogP contribution in [-0.4, -0.2) is 9.97 Å². The van der Waals surface area contributed by atoms with Gasteiger partial charge in [-0.25, -0.2) is 4.98 Å². The average molecular weight is 279 g/mol. The minimum atomic E-state index is 0.304. The highest BCUT2D eigenvalue weighted by Gasteiger charge is 2.09. The van der Waals surface area contributed by atoms with Gasteiger partial charge in [0, 0.05) is 6.04 Å². The van der Waals surface area contributed by atoms with Crippen molar-refractivity contribution in [3.63, 3.8) is 0 Å². The highest BCUT2D eigenvalue weighted by atomic mass is 15.0. The molecule has 2 aromatic carbocycles. The fourth-order valence-electron chi connectivity index (χ4n) is 2.68. The summed E-state index contributed by atoms with van der Waals surface area (Å²) in [6.07, 6.45) is 0. The summed E-state index contributed by atoms with van der Waals surface area (Å²) in [7, 11) is 0. The zero-order chi connectivity index (χ0) is 14.8. The zero-order valence-electron chi connectivity index (χ0n) is 12.8. The molecule has 0 saturated heterocycles. The summed E-state index contributed by atoms with van der Waals surface area (Å²) in [6, 6.07) is 15.0. The van der Waals surface area contributed by atoms with Crippen molar-refractivity contribution in [2.45, 2.75) is 33.4 Å². The van der Waals surface area contributed by atoms with Gasteiger partial charge in [0.2, 0.25) is 0 Å². The SMILES string of the molecule is Cc1ccc(C)c(C(C)NCc2nc3ccccc3[nH]2)c1. The van der Waals surface area contributed by atoms with E-state index in [1.165, 1.54) is 16.7 Å². The van der Waals surface area contributed by atoms with Gasteiger partial charge in [0.1, 0.15) is 5.82 Å². The van der Waals surface area contributed by atoms with Crippen LogP contribution < -0.4 is 5.32 Å². The highest BCUT2D eigenvalue weighted by Crippen LogP contribution is 2.19. The molecule has 1 atom stereocenters. The molecule has 1 aromatic heterocycles. The molecule has 1 heterocycles. The number of nitrogens with one attached hydrogen (secondary N) is 2. The van der Waals surface area contributed by atoms with Gasteiger partial charge in [-0.2, -0.15) is 0 Å².